The minimum absolute atomic E-state index is 0.0226. The Kier molecular flexibility index (Phi) is 4.73. The van der Waals surface area contributed by atoms with E-state index in [-0.39, 0.29) is 5.84 Å². The van der Waals surface area contributed by atoms with Gasteiger partial charge in [0.1, 0.15) is 11.5 Å². The van der Waals surface area contributed by atoms with Crippen LogP contribution in [0, 0.1) is 0 Å². The van der Waals surface area contributed by atoms with E-state index in [0.29, 0.717) is 11.7 Å². The van der Waals surface area contributed by atoms with Crippen molar-refractivity contribution in [1.29, 1.82) is 0 Å². The lowest BCUT2D eigenvalue weighted by atomic mass is 10.2. The summed E-state index contributed by atoms with van der Waals surface area (Å²) in [7, 11) is 0. The maximum Gasteiger partial charge on any atom is 0.190 e. The second kappa shape index (κ2) is 6.51. The summed E-state index contributed by atoms with van der Waals surface area (Å²) in [6.07, 6.45) is 4.38. The minimum Gasteiger partial charge on any atom is -0.409 e. The molecule has 0 bridgehead atoms. The van der Waals surface area contributed by atoms with Crippen LogP contribution < -0.4 is 10.6 Å². The van der Waals surface area contributed by atoms with E-state index in [1.165, 1.54) is 12.6 Å². The summed E-state index contributed by atoms with van der Waals surface area (Å²) >= 11 is 0. The van der Waals surface area contributed by atoms with Crippen molar-refractivity contribution < 1.29 is 5.21 Å². The van der Waals surface area contributed by atoms with E-state index in [2.05, 4.69) is 38.8 Å². The fourth-order valence-electron chi connectivity index (χ4n) is 2.32. The Labute approximate surface area is 119 Å². The molecule has 1 aliphatic heterocycles. The highest BCUT2D eigenvalue weighted by molar-refractivity contribution is 5.94. The number of hydrogen-bond acceptors (Lipinski definition) is 6. The standard InChI is InChI=1S/C13H22N6O/c1-3-10(2)18-4-6-19(7-5-18)12-9-15-11(8-16-12)13(14)17-20/h8-10,20H,3-7H2,1-2H3,(H2,14,17). The second-order valence-corrected chi connectivity index (χ2v) is 5.03. The SMILES string of the molecule is CCC(C)N1CCN(c2cnc(C(N)=NO)cn2)CC1. The predicted octanol–water partition coefficient (Wildman–Crippen LogP) is 0.492. The Hall–Kier alpha value is -1.89. The topological polar surface area (TPSA) is 90.9 Å². The van der Waals surface area contributed by atoms with Crippen LogP contribution in [0.5, 0.6) is 0 Å². The summed E-state index contributed by atoms with van der Waals surface area (Å²) in [6, 6.07) is 0.631. The molecule has 1 fully saturated rings. The number of anilines is 1. The van der Waals surface area contributed by atoms with Gasteiger partial charge in [-0.15, -0.1) is 0 Å². The Morgan fingerprint density at radius 2 is 2.05 bits per heavy atom. The molecule has 0 amide bonds. The quantitative estimate of drug-likeness (QED) is 0.360. The van der Waals surface area contributed by atoms with Crippen molar-refractivity contribution in [1.82, 2.24) is 14.9 Å². The summed E-state index contributed by atoms with van der Waals surface area (Å²) < 4.78 is 0. The van der Waals surface area contributed by atoms with Gasteiger partial charge in [-0.25, -0.2) is 9.97 Å². The van der Waals surface area contributed by atoms with Gasteiger partial charge >= 0.3 is 0 Å². The molecule has 3 N–H and O–H groups in total. The third kappa shape index (κ3) is 3.16. The van der Waals surface area contributed by atoms with Crippen LogP contribution in [-0.4, -0.2) is 58.1 Å². The number of aromatic nitrogens is 2. The lowest BCUT2D eigenvalue weighted by Gasteiger charge is -2.38. The Balaban J connectivity index is 1.97. The van der Waals surface area contributed by atoms with Crippen molar-refractivity contribution >= 4 is 11.7 Å². The van der Waals surface area contributed by atoms with Crippen molar-refractivity contribution in [2.24, 2.45) is 10.9 Å². The second-order valence-electron chi connectivity index (χ2n) is 5.03. The largest absolute Gasteiger partial charge is 0.409 e. The molecule has 1 atom stereocenters. The zero-order valence-electron chi connectivity index (χ0n) is 12.0. The zero-order valence-corrected chi connectivity index (χ0v) is 12.0. The number of amidine groups is 1. The number of nitrogens with zero attached hydrogens (tertiary/aromatic N) is 5. The molecule has 2 heterocycles. The third-order valence-corrected chi connectivity index (χ3v) is 3.86. The van der Waals surface area contributed by atoms with Crippen LogP contribution in [0.3, 0.4) is 0 Å². The first-order valence-corrected chi connectivity index (χ1v) is 6.94. The summed E-state index contributed by atoms with van der Waals surface area (Å²) in [6.45, 7) is 8.46. The molecule has 7 nitrogen and oxygen atoms in total. The van der Waals surface area contributed by atoms with Crippen LogP contribution in [0.15, 0.2) is 17.5 Å². The smallest absolute Gasteiger partial charge is 0.190 e. The van der Waals surface area contributed by atoms with Crippen LogP contribution >= 0.6 is 0 Å². The van der Waals surface area contributed by atoms with Gasteiger partial charge in [0.15, 0.2) is 5.84 Å². The molecule has 0 aliphatic carbocycles. The Bertz CT molecular complexity index is 452. The van der Waals surface area contributed by atoms with Crippen LogP contribution in [0.4, 0.5) is 5.82 Å². The lowest BCUT2D eigenvalue weighted by molar-refractivity contribution is 0.192. The molecule has 110 valence electrons. The molecule has 0 radical (unpaired) electrons. The number of oxime groups is 1. The molecule has 1 unspecified atom stereocenters. The maximum atomic E-state index is 8.59. The van der Waals surface area contributed by atoms with Crippen molar-refractivity contribution in [2.75, 3.05) is 31.1 Å². The highest BCUT2D eigenvalue weighted by atomic mass is 16.4. The molecule has 1 saturated heterocycles. The Morgan fingerprint density at radius 1 is 1.35 bits per heavy atom. The van der Waals surface area contributed by atoms with Crippen molar-refractivity contribution in [3.05, 3.63) is 18.1 Å². The van der Waals surface area contributed by atoms with Crippen molar-refractivity contribution in [2.45, 2.75) is 26.3 Å². The van der Waals surface area contributed by atoms with E-state index in [4.69, 9.17) is 10.9 Å². The molecule has 0 spiro atoms. The van der Waals surface area contributed by atoms with Gasteiger partial charge in [-0.2, -0.15) is 0 Å². The first kappa shape index (κ1) is 14.5. The summed E-state index contributed by atoms with van der Waals surface area (Å²) in [5, 5.41) is 11.5. The highest BCUT2D eigenvalue weighted by Crippen LogP contribution is 2.14. The first-order chi connectivity index (χ1) is 9.65. The fraction of sp³-hybridized carbons (Fsp3) is 0.615. The average Bonchev–Trinajstić information content (AvgIpc) is 2.53. The molecule has 0 saturated carbocycles. The van der Waals surface area contributed by atoms with E-state index in [1.807, 2.05) is 0 Å². The van der Waals surface area contributed by atoms with E-state index in [1.54, 1.807) is 6.20 Å². The van der Waals surface area contributed by atoms with Crippen LogP contribution in [0.2, 0.25) is 0 Å². The highest BCUT2D eigenvalue weighted by Gasteiger charge is 2.21. The average molecular weight is 278 g/mol. The van der Waals surface area contributed by atoms with Gasteiger partial charge in [0, 0.05) is 32.2 Å². The number of hydrogen-bond donors (Lipinski definition) is 2. The van der Waals surface area contributed by atoms with Crippen LogP contribution in [-0.2, 0) is 0 Å². The maximum absolute atomic E-state index is 8.59. The van der Waals surface area contributed by atoms with E-state index in [9.17, 15) is 0 Å². The van der Waals surface area contributed by atoms with Gasteiger partial charge in [0.2, 0.25) is 0 Å². The molecule has 1 aliphatic rings. The number of nitrogens with two attached hydrogens (primary N) is 1. The predicted molar refractivity (Wildman–Crippen MR) is 78.1 cm³/mol. The third-order valence-electron chi connectivity index (χ3n) is 3.86. The van der Waals surface area contributed by atoms with Gasteiger partial charge < -0.3 is 15.8 Å². The molecular weight excluding hydrogens is 256 g/mol. The van der Waals surface area contributed by atoms with E-state index >= 15 is 0 Å². The molecule has 1 aromatic rings. The summed E-state index contributed by atoms with van der Waals surface area (Å²) in [5.41, 5.74) is 5.85. The minimum atomic E-state index is -0.0226. The van der Waals surface area contributed by atoms with Crippen LogP contribution in [0.1, 0.15) is 26.0 Å². The fourth-order valence-corrected chi connectivity index (χ4v) is 2.32. The molecule has 20 heavy (non-hydrogen) atoms. The van der Waals surface area contributed by atoms with E-state index in [0.717, 1.165) is 32.0 Å². The summed E-state index contributed by atoms with van der Waals surface area (Å²) in [5.74, 6) is 0.814. The molecular formula is C13H22N6O. The normalized spacial score (nSPS) is 19.1. The Morgan fingerprint density at radius 3 is 2.55 bits per heavy atom. The first-order valence-electron chi connectivity index (χ1n) is 6.94. The molecule has 0 aromatic carbocycles. The van der Waals surface area contributed by atoms with E-state index < -0.39 is 0 Å². The molecule has 1 aromatic heterocycles. The van der Waals surface area contributed by atoms with Gasteiger partial charge in [0.25, 0.3) is 0 Å². The summed E-state index contributed by atoms with van der Waals surface area (Å²) in [4.78, 5) is 13.2. The van der Waals surface area contributed by atoms with Gasteiger partial charge in [0.05, 0.1) is 12.4 Å². The van der Waals surface area contributed by atoms with Crippen molar-refractivity contribution in [3.63, 3.8) is 0 Å². The van der Waals surface area contributed by atoms with Gasteiger partial charge in [-0.1, -0.05) is 12.1 Å². The molecule has 7 heteroatoms. The van der Waals surface area contributed by atoms with Gasteiger partial charge in [-0.3, -0.25) is 4.90 Å². The number of rotatable bonds is 4. The lowest BCUT2D eigenvalue weighted by Crippen LogP contribution is -2.49. The molecule has 2 rings (SSSR count). The zero-order chi connectivity index (χ0) is 14.5. The van der Waals surface area contributed by atoms with Crippen LogP contribution in [0.25, 0.3) is 0 Å². The van der Waals surface area contributed by atoms with Crippen molar-refractivity contribution in [3.8, 4) is 0 Å². The monoisotopic (exact) mass is 278 g/mol. The number of piperazine rings is 1. The van der Waals surface area contributed by atoms with Gasteiger partial charge in [-0.05, 0) is 13.3 Å².